The number of allylic oxidation sites excluding steroid dienone is 8. The van der Waals surface area contributed by atoms with E-state index in [-0.39, 0.29) is 24.8 Å². The summed E-state index contributed by atoms with van der Waals surface area (Å²) in [7, 11) is 2.44. The summed E-state index contributed by atoms with van der Waals surface area (Å²) in [5.41, 5.74) is 6.79. The van der Waals surface area contributed by atoms with Gasteiger partial charge in [-0.25, -0.2) is 0 Å². The molecule has 0 heterocycles. The Morgan fingerprint density at radius 2 is 1.11 bits per heavy atom. The Labute approximate surface area is 190 Å². The molecule has 0 aromatic heterocycles. The largest absolute Gasteiger partial charge is 0.147 e. The quantitative estimate of drug-likeness (QED) is 0.308. The van der Waals surface area contributed by atoms with Crippen molar-refractivity contribution in [3.63, 3.8) is 0 Å². The van der Waals surface area contributed by atoms with E-state index in [9.17, 15) is 0 Å². The van der Waals surface area contributed by atoms with E-state index in [1.54, 1.807) is 22.3 Å². The van der Waals surface area contributed by atoms with Crippen molar-refractivity contribution in [2.24, 2.45) is 11.8 Å². The molecule has 2 aliphatic carbocycles. The van der Waals surface area contributed by atoms with Gasteiger partial charge in [-0.1, -0.05) is 0 Å². The Morgan fingerprint density at radius 1 is 0.786 bits per heavy atom. The normalized spacial score (nSPS) is 17.8. The van der Waals surface area contributed by atoms with Gasteiger partial charge < -0.3 is 0 Å². The topological polar surface area (TPSA) is 0 Å². The van der Waals surface area contributed by atoms with E-state index in [0.29, 0.717) is 11.8 Å². The second-order valence-electron chi connectivity index (χ2n) is 10.3. The van der Waals surface area contributed by atoms with Crippen molar-refractivity contribution in [2.75, 3.05) is 0 Å². The maximum atomic E-state index is 2.72. The molecule has 0 aliphatic heterocycles. The zero-order chi connectivity index (χ0) is 19.7. The predicted molar refractivity (Wildman–Crippen MR) is 134 cm³/mol. The van der Waals surface area contributed by atoms with Gasteiger partial charge in [-0.2, -0.15) is 0 Å². The monoisotopic (exact) mass is 478 g/mol. The maximum Gasteiger partial charge on any atom is -0.147 e. The second kappa shape index (κ2) is 10.7. The first kappa shape index (κ1) is 28.5. The molecule has 2 aliphatic rings. The van der Waals surface area contributed by atoms with Crippen LogP contribution in [0.3, 0.4) is 0 Å². The molecule has 0 amide bonds. The molecular formula is C24H44Cl2SiTi. The van der Waals surface area contributed by atoms with Gasteiger partial charge >= 0.3 is 166 Å². The minimum atomic E-state index is -2.88. The maximum absolute atomic E-state index is 2.88. The summed E-state index contributed by atoms with van der Waals surface area (Å²) >= 11 is -2.88. The smallest absolute Gasteiger partial charge is 0.147 e. The number of rotatable bonds is 8. The standard InChI is InChI=1S/2C11H17.2CH3.2ClH.H2Si.Ti/c2*1-4-5-10-6-7-11(8-10)9(2)3;;;;;;/h2*8-9H,4-6H2,1-3H3;2*1H3;2*1H;1H2;. The summed E-state index contributed by atoms with van der Waals surface area (Å²) in [6.07, 6.45) is 12.8. The van der Waals surface area contributed by atoms with Crippen LogP contribution in [0, 0.1) is 11.8 Å². The first-order valence-corrected chi connectivity index (χ1v) is 19.6. The van der Waals surface area contributed by atoms with Gasteiger partial charge in [-0.3, -0.25) is 0 Å². The predicted octanol–water partition coefficient (Wildman–Crippen LogP) is 8.24. The summed E-state index contributed by atoms with van der Waals surface area (Å²) in [6, 6.07) is 0. The number of halogens is 2. The minimum Gasteiger partial charge on any atom is -0.147 e. The molecule has 0 bridgehead atoms. The van der Waals surface area contributed by atoms with Gasteiger partial charge in [0.15, 0.2) is 0 Å². The molecule has 28 heavy (non-hydrogen) atoms. The van der Waals surface area contributed by atoms with Crippen LogP contribution in [-0.2, 0) is 14.0 Å². The fraction of sp³-hybridized carbons (Fsp3) is 0.667. The summed E-state index contributed by atoms with van der Waals surface area (Å²) in [4.78, 5) is 0. The van der Waals surface area contributed by atoms with Crippen LogP contribution in [0.5, 0.6) is 0 Å². The molecule has 0 radical (unpaired) electrons. The van der Waals surface area contributed by atoms with Crippen LogP contribution in [-0.4, -0.2) is 7.63 Å². The van der Waals surface area contributed by atoms with Gasteiger partial charge in [-0.15, -0.1) is 24.8 Å². The van der Waals surface area contributed by atoms with E-state index < -0.39 is 14.0 Å². The van der Waals surface area contributed by atoms with Gasteiger partial charge in [0, 0.05) is 0 Å². The second-order valence-corrected chi connectivity index (χ2v) is 29.3. The van der Waals surface area contributed by atoms with Crippen LogP contribution in [0.4, 0.5) is 0 Å². The van der Waals surface area contributed by atoms with Crippen molar-refractivity contribution in [3.05, 3.63) is 42.2 Å². The molecule has 0 spiro atoms. The summed E-state index contributed by atoms with van der Waals surface area (Å²) in [5.74, 6) is 1.30. The molecule has 0 nitrogen and oxygen atoms in total. The molecule has 4 heteroatoms. The van der Waals surface area contributed by atoms with Crippen molar-refractivity contribution in [1.29, 1.82) is 0 Å². The SMILES string of the molecule is CCCC1=CC(C(C)C)=[C]([Ti]([CH3])([CH3])(=[SiH2])[C]2=C(C(C)C)C=C(CCC)C2)C1.Cl.Cl. The molecule has 0 saturated carbocycles. The van der Waals surface area contributed by atoms with E-state index in [1.165, 1.54) is 38.5 Å². The molecule has 0 saturated heterocycles. The third-order valence-corrected chi connectivity index (χ3v) is 17.6. The Hall–Kier alpha value is 0.471. The van der Waals surface area contributed by atoms with Gasteiger partial charge in [0.1, 0.15) is 0 Å². The Morgan fingerprint density at radius 3 is 1.36 bits per heavy atom. The van der Waals surface area contributed by atoms with Crippen LogP contribution < -0.4 is 0 Å². The fourth-order valence-electron chi connectivity index (χ4n) is 5.04. The van der Waals surface area contributed by atoms with E-state index in [2.05, 4.69) is 71.8 Å². The first-order chi connectivity index (χ1) is 12.0. The zero-order valence-electron chi connectivity index (χ0n) is 19.6. The van der Waals surface area contributed by atoms with E-state index >= 15 is 0 Å². The van der Waals surface area contributed by atoms with Gasteiger partial charge in [0.05, 0.1) is 0 Å². The molecule has 0 aromatic carbocycles. The summed E-state index contributed by atoms with van der Waals surface area (Å²) in [6.45, 7) is 14.3. The van der Waals surface area contributed by atoms with Gasteiger partial charge in [0.25, 0.3) is 0 Å². The van der Waals surface area contributed by atoms with Gasteiger partial charge in [0.2, 0.25) is 0 Å². The van der Waals surface area contributed by atoms with E-state index in [0.717, 1.165) is 0 Å². The van der Waals surface area contributed by atoms with Crippen molar-refractivity contribution in [3.8, 4) is 0 Å². The molecule has 0 N–H and O–H groups in total. The molecule has 0 atom stereocenters. The minimum absolute atomic E-state index is 0. The molecule has 162 valence electrons. The number of hydrogen-bond donors (Lipinski definition) is 0. The average Bonchev–Trinajstić information content (AvgIpc) is 3.13. The van der Waals surface area contributed by atoms with Crippen LogP contribution in [0.2, 0.25) is 10.5 Å². The summed E-state index contributed by atoms with van der Waals surface area (Å²) in [5, 5.41) is 5.44. The van der Waals surface area contributed by atoms with Crippen LogP contribution in [0.1, 0.15) is 80.1 Å². The average molecular weight is 479 g/mol. The van der Waals surface area contributed by atoms with Gasteiger partial charge in [-0.05, 0) is 0 Å². The molecule has 0 unspecified atom stereocenters. The van der Waals surface area contributed by atoms with Crippen molar-refractivity contribution < 1.29 is 14.0 Å². The number of hydrogen-bond acceptors (Lipinski definition) is 0. The molecule has 0 aromatic rings. The van der Waals surface area contributed by atoms with E-state index in [4.69, 9.17) is 0 Å². The van der Waals surface area contributed by atoms with Crippen LogP contribution in [0.15, 0.2) is 42.2 Å². The van der Waals surface area contributed by atoms with Crippen LogP contribution in [0.25, 0.3) is 0 Å². The third-order valence-electron chi connectivity index (χ3n) is 6.55. The van der Waals surface area contributed by atoms with Crippen LogP contribution >= 0.6 is 24.8 Å². The zero-order valence-corrected chi connectivity index (χ0v) is 24.2. The molecule has 0 fully saturated rings. The Bertz CT molecular complexity index is 699. The molecular weight excluding hydrogens is 435 g/mol. The summed E-state index contributed by atoms with van der Waals surface area (Å²) < 4.78 is 3.77. The Kier molecular flexibility index (Phi) is 10.9. The Balaban J connectivity index is 0.00000364. The first-order valence-electron chi connectivity index (χ1n) is 10.9. The van der Waals surface area contributed by atoms with Crippen molar-refractivity contribution in [2.45, 2.75) is 90.5 Å². The van der Waals surface area contributed by atoms with Crippen molar-refractivity contribution in [1.82, 2.24) is 0 Å². The third kappa shape index (κ3) is 5.79. The fourth-order valence-corrected chi connectivity index (χ4v) is 14.8. The van der Waals surface area contributed by atoms with E-state index in [1.807, 2.05) is 7.76 Å². The molecule has 2 rings (SSSR count). The van der Waals surface area contributed by atoms with Crippen molar-refractivity contribution >= 4 is 32.4 Å².